The molecule has 0 saturated carbocycles. The highest BCUT2D eigenvalue weighted by Crippen LogP contribution is 2.08. The van der Waals surface area contributed by atoms with Gasteiger partial charge in [-0.1, -0.05) is 13.8 Å². The second-order valence-corrected chi connectivity index (χ2v) is 2.31. The monoisotopic (exact) mass is 192 g/mol. The van der Waals surface area contributed by atoms with Crippen molar-refractivity contribution in [3.63, 3.8) is 0 Å². The molecule has 0 unspecified atom stereocenters. The summed E-state index contributed by atoms with van der Waals surface area (Å²) in [7, 11) is 1.44. The Morgan fingerprint density at radius 1 is 1.38 bits per heavy atom. The van der Waals surface area contributed by atoms with E-state index in [1.165, 1.54) is 20.2 Å². The van der Waals surface area contributed by atoms with Crippen molar-refractivity contribution in [1.29, 1.82) is 0 Å². The number of imidazole rings is 1. The van der Waals surface area contributed by atoms with Crippen LogP contribution in [0.2, 0.25) is 0 Å². The molecule has 1 aromatic heterocycles. The summed E-state index contributed by atoms with van der Waals surface area (Å²) in [5, 5.41) is 0. The first-order valence-corrected chi connectivity index (χ1v) is 4.06. The number of hydrogen-bond acceptors (Lipinski definition) is 1. The van der Waals surface area contributed by atoms with Crippen molar-refractivity contribution in [1.82, 2.24) is 9.13 Å². The van der Waals surface area contributed by atoms with Gasteiger partial charge in [0.05, 0.1) is 0 Å². The highest BCUT2D eigenvalue weighted by Gasteiger charge is 2.13. The van der Waals surface area contributed by atoms with Gasteiger partial charge < -0.3 is 4.57 Å². The van der Waals surface area contributed by atoms with Crippen molar-refractivity contribution in [2.24, 2.45) is 7.05 Å². The third kappa shape index (κ3) is 2.40. The average Bonchev–Trinajstić information content (AvgIpc) is 2.30. The molecule has 5 heteroatoms. The second kappa shape index (κ2) is 4.79. The molecular formula is C8H14F2N2O. The minimum Gasteiger partial charge on any atom is -0.302 e. The lowest BCUT2D eigenvalue weighted by Gasteiger charge is -1.98. The molecule has 0 aliphatic heterocycles. The number of aromatic nitrogens is 2. The average molecular weight is 192 g/mol. The van der Waals surface area contributed by atoms with Crippen molar-refractivity contribution >= 4 is 0 Å². The molecule has 3 nitrogen and oxygen atoms in total. The highest BCUT2D eigenvalue weighted by molar-refractivity contribution is 4.96. The fourth-order valence-corrected chi connectivity index (χ4v) is 0.956. The molecule has 0 aliphatic rings. The zero-order valence-corrected chi connectivity index (χ0v) is 8.21. The molecule has 76 valence electrons. The largest absolute Gasteiger partial charge is 0.332 e. The van der Waals surface area contributed by atoms with Crippen LogP contribution >= 0.6 is 0 Å². The lowest BCUT2D eigenvalue weighted by atomic mass is 10.5. The van der Waals surface area contributed by atoms with Gasteiger partial charge in [-0.05, 0) is 6.92 Å². The molecule has 0 spiro atoms. The number of halogens is 2. The maximum Gasteiger partial charge on any atom is 0.332 e. The van der Waals surface area contributed by atoms with Crippen LogP contribution < -0.4 is 5.69 Å². The molecule has 0 aliphatic carbocycles. The number of aryl methyl sites for hydroxylation is 2. The van der Waals surface area contributed by atoms with Crippen LogP contribution in [-0.4, -0.2) is 9.13 Å². The summed E-state index contributed by atoms with van der Waals surface area (Å²) in [6.07, 6.45) is 1.37. The normalized spacial score (nSPS) is 9.77. The standard InChI is InChI=1S/C6H8F2N2O.C2H6/c1-4-3-9(2)6(11)10(4)5(7)8;1-2/h3,5H,1-2H3;1-2H3. The fraction of sp³-hybridized carbons (Fsp3) is 0.625. The van der Waals surface area contributed by atoms with Gasteiger partial charge in [0, 0.05) is 18.9 Å². The molecule has 0 N–H and O–H groups in total. The molecule has 1 aromatic rings. The first kappa shape index (κ1) is 11.9. The van der Waals surface area contributed by atoms with Crippen molar-refractivity contribution in [3.8, 4) is 0 Å². The van der Waals surface area contributed by atoms with E-state index in [9.17, 15) is 13.6 Å². The Bertz CT molecular complexity index is 314. The van der Waals surface area contributed by atoms with E-state index in [-0.39, 0.29) is 5.69 Å². The van der Waals surface area contributed by atoms with Crippen molar-refractivity contribution in [2.75, 3.05) is 0 Å². The minimum absolute atomic E-state index is 0.271. The summed E-state index contributed by atoms with van der Waals surface area (Å²) in [5.74, 6) is 0. The topological polar surface area (TPSA) is 26.9 Å². The summed E-state index contributed by atoms with van der Waals surface area (Å²) in [4.78, 5) is 10.9. The SMILES string of the molecule is CC.Cc1cn(C)c(=O)n1C(F)F. The number of alkyl halides is 2. The first-order valence-electron chi connectivity index (χ1n) is 4.06. The highest BCUT2D eigenvalue weighted by atomic mass is 19.3. The Balaban J connectivity index is 0.000000671. The molecule has 0 atom stereocenters. The van der Waals surface area contributed by atoms with E-state index in [0.29, 0.717) is 4.57 Å². The predicted molar refractivity (Wildman–Crippen MR) is 47.0 cm³/mol. The zero-order chi connectivity index (χ0) is 10.6. The summed E-state index contributed by atoms with van der Waals surface area (Å²) in [5.41, 5.74) is -0.412. The molecule has 0 fully saturated rings. The summed E-state index contributed by atoms with van der Waals surface area (Å²) < 4.78 is 25.7. The van der Waals surface area contributed by atoms with Gasteiger partial charge in [-0.2, -0.15) is 8.78 Å². The number of hydrogen-bond donors (Lipinski definition) is 0. The Labute approximate surface area is 75.6 Å². The lowest BCUT2D eigenvalue weighted by Crippen LogP contribution is -2.23. The van der Waals surface area contributed by atoms with E-state index in [1.807, 2.05) is 13.8 Å². The van der Waals surface area contributed by atoms with Gasteiger partial charge in [0.25, 0.3) is 0 Å². The Morgan fingerprint density at radius 3 is 2.00 bits per heavy atom. The zero-order valence-electron chi connectivity index (χ0n) is 8.21. The minimum atomic E-state index is -2.75. The van der Waals surface area contributed by atoms with Crippen LogP contribution in [0.4, 0.5) is 8.78 Å². The second-order valence-electron chi connectivity index (χ2n) is 2.31. The fourth-order valence-electron chi connectivity index (χ4n) is 0.956. The molecule has 0 aromatic carbocycles. The molecule has 0 amide bonds. The van der Waals surface area contributed by atoms with E-state index < -0.39 is 12.2 Å². The van der Waals surface area contributed by atoms with Crippen LogP contribution in [0.5, 0.6) is 0 Å². The van der Waals surface area contributed by atoms with E-state index >= 15 is 0 Å². The van der Waals surface area contributed by atoms with Gasteiger partial charge >= 0.3 is 12.2 Å². The van der Waals surface area contributed by atoms with Crippen molar-refractivity contribution < 1.29 is 8.78 Å². The van der Waals surface area contributed by atoms with Gasteiger partial charge in [-0.15, -0.1) is 0 Å². The van der Waals surface area contributed by atoms with Crippen LogP contribution in [0.1, 0.15) is 26.1 Å². The molecule has 0 saturated heterocycles. The molecule has 0 bridgehead atoms. The van der Waals surface area contributed by atoms with Gasteiger partial charge in [0.15, 0.2) is 0 Å². The summed E-state index contributed by atoms with van der Waals surface area (Å²) >= 11 is 0. The summed E-state index contributed by atoms with van der Waals surface area (Å²) in [6.45, 7) is 2.72. The predicted octanol–water partition coefficient (Wildman–Crippen LogP) is 1.92. The van der Waals surface area contributed by atoms with Crippen LogP contribution in [0.25, 0.3) is 0 Å². The van der Waals surface area contributed by atoms with Gasteiger partial charge in [0.2, 0.25) is 0 Å². The van der Waals surface area contributed by atoms with E-state index in [0.717, 1.165) is 4.57 Å². The Hall–Kier alpha value is -1.13. The molecule has 1 rings (SSSR count). The molecule has 1 heterocycles. The van der Waals surface area contributed by atoms with Gasteiger partial charge in [-0.25, -0.2) is 9.36 Å². The maximum atomic E-state index is 12.1. The van der Waals surface area contributed by atoms with Gasteiger partial charge in [0.1, 0.15) is 0 Å². The number of nitrogens with zero attached hydrogens (tertiary/aromatic N) is 2. The van der Waals surface area contributed by atoms with Crippen molar-refractivity contribution in [3.05, 3.63) is 22.4 Å². The molecule has 13 heavy (non-hydrogen) atoms. The van der Waals surface area contributed by atoms with Crippen LogP contribution in [0.15, 0.2) is 11.0 Å². The maximum absolute atomic E-state index is 12.1. The van der Waals surface area contributed by atoms with Crippen LogP contribution in [0, 0.1) is 6.92 Å². The third-order valence-electron chi connectivity index (χ3n) is 1.46. The smallest absolute Gasteiger partial charge is 0.302 e. The van der Waals surface area contributed by atoms with E-state index in [1.54, 1.807) is 0 Å². The quantitative estimate of drug-likeness (QED) is 0.667. The first-order chi connectivity index (χ1) is 6.04. The van der Waals surface area contributed by atoms with Crippen LogP contribution in [-0.2, 0) is 7.05 Å². The van der Waals surface area contributed by atoms with E-state index in [2.05, 4.69) is 0 Å². The Kier molecular flexibility index (Phi) is 4.37. The van der Waals surface area contributed by atoms with Crippen LogP contribution in [0.3, 0.4) is 0 Å². The third-order valence-corrected chi connectivity index (χ3v) is 1.46. The molecule has 0 radical (unpaired) electrons. The lowest BCUT2D eigenvalue weighted by molar-refractivity contribution is 0.0641. The van der Waals surface area contributed by atoms with E-state index in [4.69, 9.17) is 0 Å². The van der Waals surface area contributed by atoms with Crippen molar-refractivity contribution in [2.45, 2.75) is 27.3 Å². The Morgan fingerprint density at radius 2 is 1.85 bits per heavy atom. The van der Waals surface area contributed by atoms with Gasteiger partial charge in [-0.3, -0.25) is 0 Å². The summed E-state index contributed by atoms with van der Waals surface area (Å²) in [6, 6.07) is 0. The number of rotatable bonds is 1. The molecular weight excluding hydrogens is 178 g/mol.